The Hall–Kier alpha value is -3.87. The number of hydrogen-bond donors (Lipinski definition) is 1. The Kier molecular flexibility index (Phi) is 5.92. The van der Waals surface area contributed by atoms with E-state index in [0.29, 0.717) is 44.4 Å². The zero-order valence-electron chi connectivity index (χ0n) is 17.9. The molecule has 0 fully saturated rings. The zero-order chi connectivity index (χ0) is 23.7. The van der Waals surface area contributed by atoms with Crippen LogP contribution in [0.3, 0.4) is 0 Å². The van der Waals surface area contributed by atoms with Crippen molar-refractivity contribution < 1.29 is 13.6 Å². The molecule has 5 aromatic rings. The summed E-state index contributed by atoms with van der Waals surface area (Å²) in [4.78, 5) is 21.2. The van der Waals surface area contributed by atoms with Gasteiger partial charge in [-0.15, -0.1) is 0 Å². The highest BCUT2D eigenvalue weighted by Crippen LogP contribution is 2.32. The van der Waals surface area contributed by atoms with E-state index in [2.05, 4.69) is 15.3 Å². The molecule has 5 rings (SSSR count). The highest BCUT2D eigenvalue weighted by atomic mass is 35.5. The first kappa shape index (κ1) is 21.9. The third-order valence-corrected chi connectivity index (χ3v) is 5.68. The molecule has 0 aliphatic carbocycles. The van der Waals surface area contributed by atoms with Crippen LogP contribution in [0.5, 0.6) is 0 Å². The van der Waals surface area contributed by atoms with Gasteiger partial charge in [0, 0.05) is 34.1 Å². The Balaban J connectivity index is 1.32. The number of aromatic nitrogens is 2. The topological polar surface area (TPSA) is 81.2 Å². The van der Waals surface area contributed by atoms with E-state index in [9.17, 15) is 4.79 Å². The van der Waals surface area contributed by atoms with E-state index in [4.69, 9.17) is 32.0 Å². The van der Waals surface area contributed by atoms with Gasteiger partial charge in [-0.1, -0.05) is 29.3 Å². The van der Waals surface area contributed by atoms with Crippen LogP contribution < -0.4 is 5.32 Å². The third kappa shape index (κ3) is 4.59. The maximum absolute atomic E-state index is 12.6. The molecule has 2 aromatic carbocycles. The minimum Gasteiger partial charge on any atom is -0.457 e. The molecular formula is C26H17Cl2N3O3. The number of carbonyl (C=O) groups excluding carboxylic acids is 1. The number of benzene rings is 2. The van der Waals surface area contributed by atoms with E-state index in [0.717, 1.165) is 16.7 Å². The average Bonchev–Trinajstić information content (AvgIpc) is 3.46. The number of nitrogens with one attached hydrogen (secondary N) is 1. The van der Waals surface area contributed by atoms with E-state index in [1.807, 2.05) is 25.1 Å². The molecule has 168 valence electrons. The van der Waals surface area contributed by atoms with Gasteiger partial charge in [-0.2, -0.15) is 4.98 Å². The van der Waals surface area contributed by atoms with Gasteiger partial charge in [0.1, 0.15) is 11.5 Å². The van der Waals surface area contributed by atoms with Gasteiger partial charge in [0.15, 0.2) is 11.2 Å². The van der Waals surface area contributed by atoms with Crippen molar-refractivity contribution in [1.82, 2.24) is 9.97 Å². The van der Waals surface area contributed by atoms with Crippen molar-refractivity contribution in [2.24, 2.45) is 0 Å². The molecule has 0 saturated carbocycles. The summed E-state index contributed by atoms with van der Waals surface area (Å²) in [5, 5.41) is 3.92. The van der Waals surface area contributed by atoms with Gasteiger partial charge in [0.2, 0.25) is 11.8 Å². The quantitative estimate of drug-likeness (QED) is 0.259. The first-order valence-electron chi connectivity index (χ1n) is 10.3. The predicted octanol–water partition coefficient (Wildman–Crippen LogP) is 7.42. The number of rotatable bonds is 5. The van der Waals surface area contributed by atoms with Crippen LogP contribution in [0.4, 0.5) is 5.69 Å². The van der Waals surface area contributed by atoms with Gasteiger partial charge in [-0.25, -0.2) is 4.98 Å². The van der Waals surface area contributed by atoms with E-state index in [1.165, 1.54) is 6.08 Å². The van der Waals surface area contributed by atoms with Crippen molar-refractivity contribution in [3.63, 3.8) is 0 Å². The zero-order valence-corrected chi connectivity index (χ0v) is 19.4. The van der Waals surface area contributed by atoms with Crippen LogP contribution in [0, 0.1) is 6.92 Å². The molecule has 0 radical (unpaired) electrons. The summed E-state index contributed by atoms with van der Waals surface area (Å²) in [6, 6.07) is 17.9. The van der Waals surface area contributed by atoms with Crippen LogP contribution in [0.15, 0.2) is 81.8 Å². The van der Waals surface area contributed by atoms with E-state index < -0.39 is 0 Å². The summed E-state index contributed by atoms with van der Waals surface area (Å²) in [6.07, 6.45) is 4.66. The lowest BCUT2D eigenvalue weighted by atomic mass is 10.1. The van der Waals surface area contributed by atoms with Crippen molar-refractivity contribution >= 4 is 52.1 Å². The number of oxazole rings is 1. The second-order valence-corrected chi connectivity index (χ2v) is 8.37. The number of fused-ring (bicyclic) bond motifs is 1. The second-order valence-electron chi connectivity index (χ2n) is 7.52. The summed E-state index contributed by atoms with van der Waals surface area (Å²) >= 11 is 12.2. The first-order chi connectivity index (χ1) is 16.5. The van der Waals surface area contributed by atoms with Crippen LogP contribution in [0.2, 0.25) is 10.0 Å². The number of aryl methyl sites for hydroxylation is 1. The van der Waals surface area contributed by atoms with Crippen molar-refractivity contribution in [1.29, 1.82) is 0 Å². The Morgan fingerprint density at radius 1 is 1.03 bits per heavy atom. The van der Waals surface area contributed by atoms with Crippen molar-refractivity contribution in [3.8, 4) is 22.8 Å². The van der Waals surface area contributed by atoms with Gasteiger partial charge in [0.25, 0.3) is 0 Å². The fraction of sp³-hybridized carbons (Fsp3) is 0.0385. The lowest BCUT2D eigenvalue weighted by Gasteiger charge is -2.07. The van der Waals surface area contributed by atoms with Gasteiger partial charge in [-0.3, -0.25) is 4.79 Å². The number of nitrogens with zero attached hydrogens (tertiary/aromatic N) is 2. The fourth-order valence-electron chi connectivity index (χ4n) is 3.39. The molecule has 1 amide bonds. The molecule has 0 spiro atoms. The molecule has 1 N–H and O–H groups in total. The maximum Gasteiger partial charge on any atom is 0.248 e. The molecule has 0 aliphatic heterocycles. The Bertz CT molecular complexity index is 1520. The standard InChI is InChI=1S/C26H17Cl2N3O3/c1-15-4-5-16(26-31-25-23(34-26)3-2-12-29-25)13-21(15)30-24(32)11-8-18-7-10-22(33-18)19-9-6-17(27)14-20(19)28/h2-14H,1H3,(H,30,32)/b11-8+. The highest BCUT2D eigenvalue weighted by molar-refractivity contribution is 6.36. The van der Waals surface area contributed by atoms with Crippen LogP contribution in [-0.4, -0.2) is 15.9 Å². The number of pyridine rings is 1. The van der Waals surface area contributed by atoms with Crippen LogP contribution >= 0.6 is 23.2 Å². The molecule has 3 heterocycles. The van der Waals surface area contributed by atoms with Crippen LogP contribution in [-0.2, 0) is 4.79 Å². The summed E-state index contributed by atoms with van der Waals surface area (Å²) < 4.78 is 11.6. The molecule has 0 unspecified atom stereocenters. The lowest BCUT2D eigenvalue weighted by Crippen LogP contribution is -2.09. The molecule has 8 heteroatoms. The number of amides is 1. The van der Waals surface area contributed by atoms with Gasteiger partial charge < -0.3 is 14.2 Å². The monoisotopic (exact) mass is 489 g/mol. The summed E-state index contributed by atoms with van der Waals surface area (Å²) in [7, 11) is 0. The average molecular weight is 490 g/mol. The molecule has 0 saturated heterocycles. The largest absolute Gasteiger partial charge is 0.457 e. The van der Waals surface area contributed by atoms with Crippen LogP contribution in [0.25, 0.3) is 40.1 Å². The summed E-state index contributed by atoms with van der Waals surface area (Å²) in [5.74, 6) is 1.23. The number of furan rings is 1. The minimum absolute atomic E-state index is 0.304. The van der Waals surface area contributed by atoms with Crippen molar-refractivity contribution in [2.45, 2.75) is 6.92 Å². The smallest absolute Gasteiger partial charge is 0.248 e. The summed E-state index contributed by atoms with van der Waals surface area (Å²) in [5.41, 5.74) is 4.14. The molecule has 0 aliphatic rings. The predicted molar refractivity (Wildman–Crippen MR) is 134 cm³/mol. The number of hydrogen-bond acceptors (Lipinski definition) is 5. The first-order valence-corrected chi connectivity index (χ1v) is 11.1. The van der Waals surface area contributed by atoms with E-state index in [1.54, 1.807) is 54.7 Å². The van der Waals surface area contributed by atoms with Gasteiger partial charge >= 0.3 is 0 Å². The van der Waals surface area contributed by atoms with Crippen LogP contribution in [0.1, 0.15) is 11.3 Å². The lowest BCUT2D eigenvalue weighted by molar-refractivity contribution is -0.111. The Morgan fingerprint density at radius 2 is 1.91 bits per heavy atom. The molecular weight excluding hydrogens is 473 g/mol. The molecule has 6 nitrogen and oxygen atoms in total. The highest BCUT2D eigenvalue weighted by Gasteiger charge is 2.12. The normalized spacial score (nSPS) is 11.4. The number of halogens is 2. The molecule has 0 atom stereocenters. The Labute approximate surface area is 204 Å². The van der Waals surface area contributed by atoms with Gasteiger partial charge in [-0.05, 0) is 73.2 Å². The Morgan fingerprint density at radius 3 is 2.74 bits per heavy atom. The van der Waals surface area contributed by atoms with Crippen molar-refractivity contribution in [2.75, 3.05) is 5.32 Å². The fourth-order valence-corrected chi connectivity index (χ4v) is 3.89. The molecule has 3 aromatic heterocycles. The number of carbonyl (C=O) groups is 1. The van der Waals surface area contributed by atoms with E-state index >= 15 is 0 Å². The number of anilines is 1. The molecule has 0 bridgehead atoms. The summed E-state index contributed by atoms with van der Waals surface area (Å²) in [6.45, 7) is 1.91. The SMILES string of the molecule is Cc1ccc(-c2nc3ncccc3o2)cc1NC(=O)/C=C/c1ccc(-c2ccc(Cl)cc2Cl)o1. The van der Waals surface area contributed by atoms with Gasteiger partial charge in [0.05, 0.1) is 5.02 Å². The maximum atomic E-state index is 12.6. The third-order valence-electron chi connectivity index (χ3n) is 5.13. The second kappa shape index (κ2) is 9.17. The minimum atomic E-state index is -0.304. The van der Waals surface area contributed by atoms with E-state index in [-0.39, 0.29) is 5.91 Å². The van der Waals surface area contributed by atoms with Crippen molar-refractivity contribution in [3.05, 3.63) is 94.3 Å². The molecule has 34 heavy (non-hydrogen) atoms.